The van der Waals surface area contributed by atoms with Crippen molar-refractivity contribution in [2.24, 2.45) is 23.7 Å². The second kappa shape index (κ2) is 2.16. The van der Waals surface area contributed by atoms with Gasteiger partial charge in [-0.25, -0.2) is 0 Å². The van der Waals surface area contributed by atoms with Crippen LogP contribution in [0.5, 0.6) is 0 Å². The molecule has 11 heavy (non-hydrogen) atoms. The highest BCUT2D eigenvalue weighted by Crippen LogP contribution is 2.62. The van der Waals surface area contributed by atoms with E-state index in [0.717, 1.165) is 23.7 Å². The fraction of sp³-hybridized carbons (Fsp3) is 1.00. The molecular weight excluding hydrogens is 156 g/mol. The third-order valence-corrected chi connectivity index (χ3v) is 4.69. The Balaban J connectivity index is 1.80. The first-order chi connectivity index (χ1) is 5.36. The molecule has 0 N–H and O–H groups in total. The van der Waals surface area contributed by atoms with E-state index in [9.17, 15) is 0 Å². The van der Waals surface area contributed by atoms with Gasteiger partial charge in [0.2, 0.25) is 0 Å². The minimum Gasteiger partial charge on any atom is -0.123 e. The summed E-state index contributed by atoms with van der Waals surface area (Å²) in [5, 5.41) is 0.538. The Morgan fingerprint density at radius 3 is 1.91 bits per heavy atom. The molecule has 0 amide bonds. The zero-order valence-electron chi connectivity index (χ0n) is 6.80. The molecule has 0 aromatic rings. The lowest BCUT2D eigenvalue weighted by Crippen LogP contribution is -2.39. The van der Waals surface area contributed by atoms with Gasteiger partial charge >= 0.3 is 0 Å². The summed E-state index contributed by atoms with van der Waals surface area (Å²) in [5.41, 5.74) is 0. The molecule has 4 atom stereocenters. The molecule has 3 saturated carbocycles. The van der Waals surface area contributed by atoms with E-state index in [1.165, 1.54) is 32.1 Å². The maximum atomic E-state index is 6.15. The highest BCUT2D eigenvalue weighted by molar-refractivity contribution is 6.20. The van der Waals surface area contributed by atoms with Crippen LogP contribution in [0.15, 0.2) is 0 Å². The molecule has 0 bridgehead atoms. The molecule has 3 aliphatic rings. The van der Waals surface area contributed by atoms with Crippen LogP contribution >= 0.6 is 11.6 Å². The predicted octanol–water partition coefficient (Wildman–Crippen LogP) is 3.05. The van der Waals surface area contributed by atoms with Crippen LogP contribution in [-0.4, -0.2) is 5.38 Å². The number of halogens is 1. The molecular formula is C10H15Cl. The molecule has 0 radical (unpaired) electrons. The van der Waals surface area contributed by atoms with Crippen molar-refractivity contribution in [1.82, 2.24) is 0 Å². The van der Waals surface area contributed by atoms with Crippen LogP contribution in [0.3, 0.4) is 0 Å². The second-order valence-electron chi connectivity index (χ2n) is 4.66. The summed E-state index contributed by atoms with van der Waals surface area (Å²) in [6.45, 7) is 0. The SMILES string of the molecule is ClC1CC2C3CCCC3C2C1. The maximum absolute atomic E-state index is 6.15. The lowest BCUT2D eigenvalue weighted by molar-refractivity contribution is 0.0302. The Morgan fingerprint density at radius 1 is 0.818 bits per heavy atom. The van der Waals surface area contributed by atoms with Gasteiger partial charge in [0.1, 0.15) is 0 Å². The van der Waals surface area contributed by atoms with Gasteiger partial charge < -0.3 is 0 Å². The standard InChI is InChI=1S/C10H15Cl/c11-6-4-9-7-2-1-3-8(7)10(9)5-6/h6-10H,1-5H2. The molecule has 0 spiro atoms. The van der Waals surface area contributed by atoms with Gasteiger partial charge in [-0.3, -0.25) is 0 Å². The van der Waals surface area contributed by atoms with E-state index >= 15 is 0 Å². The highest BCUT2D eigenvalue weighted by atomic mass is 35.5. The van der Waals surface area contributed by atoms with Crippen LogP contribution < -0.4 is 0 Å². The van der Waals surface area contributed by atoms with E-state index in [-0.39, 0.29) is 0 Å². The summed E-state index contributed by atoms with van der Waals surface area (Å²) in [7, 11) is 0. The molecule has 62 valence electrons. The van der Waals surface area contributed by atoms with Crippen LogP contribution in [0.4, 0.5) is 0 Å². The average molecular weight is 171 g/mol. The molecule has 3 aliphatic carbocycles. The van der Waals surface area contributed by atoms with Crippen molar-refractivity contribution in [3.8, 4) is 0 Å². The van der Waals surface area contributed by atoms with E-state index in [0.29, 0.717) is 5.38 Å². The van der Waals surface area contributed by atoms with Crippen molar-refractivity contribution in [1.29, 1.82) is 0 Å². The molecule has 3 rings (SSSR count). The zero-order chi connectivity index (χ0) is 7.42. The highest BCUT2D eigenvalue weighted by Gasteiger charge is 2.55. The fourth-order valence-corrected chi connectivity index (χ4v) is 4.37. The van der Waals surface area contributed by atoms with Gasteiger partial charge in [-0.2, -0.15) is 0 Å². The van der Waals surface area contributed by atoms with Crippen molar-refractivity contribution in [2.45, 2.75) is 37.5 Å². The Bertz CT molecular complexity index is 160. The van der Waals surface area contributed by atoms with Crippen LogP contribution in [0, 0.1) is 23.7 Å². The lowest BCUT2D eigenvalue weighted by atomic mass is 9.60. The largest absolute Gasteiger partial charge is 0.123 e. The van der Waals surface area contributed by atoms with Crippen molar-refractivity contribution in [2.75, 3.05) is 0 Å². The minimum absolute atomic E-state index is 0.538. The molecule has 4 unspecified atom stereocenters. The Morgan fingerprint density at radius 2 is 1.36 bits per heavy atom. The molecule has 1 heteroatoms. The Labute approximate surface area is 73.3 Å². The van der Waals surface area contributed by atoms with Crippen LogP contribution in [0.2, 0.25) is 0 Å². The van der Waals surface area contributed by atoms with Crippen LogP contribution in [-0.2, 0) is 0 Å². The third kappa shape index (κ3) is 0.771. The van der Waals surface area contributed by atoms with Crippen molar-refractivity contribution in [3.05, 3.63) is 0 Å². The van der Waals surface area contributed by atoms with Crippen molar-refractivity contribution < 1.29 is 0 Å². The average Bonchev–Trinajstić information content (AvgIpc) is 2.49. The topological polar surface area (TPSA) is 0 Å². The molecule has 3 fully saturated rings. The van der Waals surface area contributed by atoms with Gasteiger partial charge in [0.05, 0.1) is 0 Å². The minimum atomic E-state index is 0.538. The van der Waals surface area contributed by atoms with Crippen molar-refractivity contribution >= 4 is 11.6 Å². The first-order valence-corrected chi connectivity index (χ1v) is 5.44. The van der Waals surface area contributed by atoms with Gasteiger partial charge in [0, 0.05) is 5.38 Å². The first-order valence-electron chi connectivity index (χ1n) is 5.00. The molecule has 0 aromatic carbocycles. The Hall–Kier alpha value is 0.290. The van der Waals surface area contributed by atoms with Gasteiger partial charge in [-0.1, -0.05) is 6.42 Å². The number of rotatable bonds is 0. The summed E-state index contributed by atoms with van der Waals surface area (Å²) in [6, 6.07) is 0. The van der Waals surface area contributed by atoms with Gasteiger partial charge in [-0.05, 0) is 49.4 Å². The quantitative estimate of drug-likeness (QED) is 0.491. The number of alkyl halides is 1. The van der Waals surface area contributed by atoms with Gasteiger partial charge in [0.25, 0.3) is 0 Å². The monoisotopic (exact) mass is 170 g/mol. The first kappa shape index (κ1) is 6.77. The zero-order valence-corrected chi connectivity index (χ0v) is 7.56. The van der Waals surface area contributed by atoms with Crippen LogP contribution in [0.25, 0.3) is 0 Å². The second-order valence-corrected chi connectivity index (χ2v) is 5.27. The smallest absolute Gasteiger partial charge is 0.0341 e. The maximum Gasteiger partial charge on any atom is 0.0341 e. The van der Waals surface area contributed by atoms with E-state index in [2.05, 4.69) is 0 Å². The summed E-state index contributed by atoms with van der Waals surface area (Å²) in [4.78, 5) is 0. The summed E-state index contributed by atoms with van der Waals surface area (Å²) in [5.74, 6) is 4.35. The number of hydrogen-bond acceptors (Lipinski definition) is 0. The fourth-order valence-electron chi connectivity index (χ4n) is 3.96. The van der Waals surface area contributed by atoms with E-state index in [4.69, 9.17) is 11.6 Å². The number of fused-ring (bicyclic) bond motifs is 4. The molecule has 0 heterocycles. The third-order valence-electron chi connectivity index (χ3n) is 4.33. The molecule has 0 aromatic heterocycles. The molecule has 0 nitrogen and oxygen atoms in total. The van der Waals surface area contributed by atoms with Crippen LogP contribution in [0.1, 0.15) is 32.1 Å². The number of hydrogen-bond donors (Lipinski definition) is 0. The van der Waals surface area contributed by atoms with Gasteiger partial charge in [-0.15, -0.1) is 11.6 Å². The molecule has 0 aliphatic heterocycles. The van der Waals surface area contributed by atoms with E-state index < -0.39 is 0 Å². The predicted molar refractivity (Wildman–Crippen MR) is 46.7 cm³/mol. The molecule has 0 saturated heterocycles. The summed E-state index contributed by atoms with van der Waals surface area (Å²) in [6.07, 6.45) is 7.24. The van der Waals surface area contributed by atoms with E-state index in [1.54, 1.807) is 0 Å². The van der Waals surface area contributed by atoms with Crippen molar-refractivity contribution in [3.63, 3.8) is 0 Å². The van der Waals surface area contributed by atoms with Gasteiger partial charge in [0.15, 0.2) is 0 Å². The summed E-state index contributed by atoms with van der Waals surface area (Å²) < 4.78 is 0. The van der Waals surface area contributed by atoms with E-state index in [1.807, 2.05) is 0 Å². The lowest BCUT2D eigenvalue weighted by Gasteiger charge is -2.45. The Kier molecular flexibility index (Phi) is 1.33. The normalized spacial score (nSPS) is 60.3. The summed E-state index contributed by atoms with van der Waals surface area (Å²) >= 11 is 6.15.